The zero-order valence-corrected chi connectivity index (χ0v) is 10.3. The van der Waals surface area contributed by atoms with Gasteiger partial charge in [0, 0.05) is 23.8 Å². The van der Waals surface area contributed by atoms with Gasteiger partial charge in [0.1, 0.15) is 0 Å². The summed E-state index contributed by atoms with van der Waals surface area (Å²) >= 11 is 3.40. The molecule has 16 heavy (non-hydrogen) atoms. The Bertz CT molecular complexity index is 483. The van der Waals surface area contributed by atoms with E-state index in [0.717, 1.165) is 35.0 Å². The van der Waals surface area contributed by atoms with Gasteiger partial charge in [0.05, 0.1) is 5.69 Å². The van der Waals surface area contributed by atoms with Crippen molar-refractivity contribution in [2.75, 3.05) is 18.0 Å². The van der Waals surface area contributed by atoms with Crippen molar-refractivity contribution in [1.29, 1.82) is 0 Å². The van der Waals surface area contributed by atoms with Crippen LogP contribution in [0.5, 0.6) is 0 Å². The monoisotopic (exact) mass is 281 g/mol. The van der Waals surface area contributed by atoms with Crippen molar-refractivity contribution in [3.05, 3.63) is 16.7 Å². The maximum atomic E-state index is 4.48. The van der Waals surface area contributed by atoms with Crippen molar-refractivity contribution in [3.8, 4) is 11.5 Å². The second kappa shape index (κ2) is 3.93. The molecule has 0 radical (unpaired) electrons. The molecule has 0 atom stereocenters. The first-order valence-electron chi connectivity index (χ1n) is 5.34. The number of aromatic amines is 2. The summed E-state index contributed by atoms with van der Waals surface area (Å²) in [5, 5.41) is 7.20. The fourth-order valence-electron chi connectivity index (χ4n) is 1.94. The van der Waals surface area contributed by atoms with Gasteiger partial charge >= 0.3 is 0 Å². The van der Waals surface area contributed by atoms with Crippen molar-refractivity contribution in [1.82, 2.24) is 20.2 Å². The molecule has 0 bridgehead atoms. The van der Waals surface area contributed by atoms with E-state index in [1.165, 1.54) is 12.8 Å². The summed E-state index contributed by atoms with van der Waals surface area (Å²) in [6.45, 7) is 2.12. The van der Waals surface area contributed by atoms with Gasteiger partial charge in [-0.15, -0.1) is 5.10 Å². The molecule has 1 aliphatic rings. The normalized spacial score (nSPS) is 15.9. The number of hydrogen-bond acceptors (Lipinski definition) is 3. The van der Waals surface area contributed by atoms with E-state index in [4.69, 9.17) is 0 Å². The Labute approximate surface area is 101 Å². The highest BCUT2D eigenvalue weighted by Crippen LogP contribution is 2.21. The number of halogens is 1. The van der Waals surface area contributed by atoms with E-state index < -0.39 is 0 Å². The Kier molecular flexibility index (Phi) is 2.43. The minimum absolute atomic E-state index is 0.785. The van der Waals surface area contributed by atoms with Crippen molar-refractivity contribution in [2.45, 2.75) is 12.8 Å². The molecule has 1 saturated heterocycles. The van der Waals surface area contributed by atoms with Gasteiger partial charge in [-0.25, -0.2) is 0 Å². The Morgan fingerprint density at radius 2 is 2.12 bits per heavy atom. The largest absolute Gasteiger partial charge is 0.358 e. The second-order valence-electron chi connectivity index (χ2n) is 3.91. The highest BCUT2D eigenvalue weighted by Gasteiger charge is 2.17. The van der Waals surface area contributed by atoms with Crippen LogP contribution in [0.15, 0.2) is 16.7 Å². The Balaban J connectivity index is 1.87. The highest BCUT2D eigenvalue weighted by atomic mass is 79.9. The lowest BCUT2D eigenvalue weighted by atomic mass is 10.4. The fourth-order valence-corrected chi connectivity index (χ4v) is 2.28. The molecule has 84 valence electrons. The summed E-state index contributed by atoms with van der Waals surface area (Å²) in [4.78, 5) is 9.82. The summed E-state index contributed by atoms with van der Waals surface area (Å²) < 4.78 is 1.02. The van der Waals surface area contributed by atoms with E-state index in [-0.39, 0.29) is 0 Å². The number of rotatable bonds is 2. The van der Waals surface area contributed by atoms with Crippen LogP contribution in [0.25, 0.3) is 11.5 Å². The molecule has 2 N–H and O–H groups in total. The molecule has 1 fully saturated rings. The Morgan fingerprint density at radius 3 is 2.81 bits per heavy atom. The van der Waals surface area contributed by atoms with Crippen LogP contribution < -0.4 is 4.90 Å². The van der Waals surface area contributed by atoms with E-state index in [0.29, 0.717) is 0 Å². The molecule has 1 aliphatic heterocycles. The van der Waals surface area contributed by atoms with Crippen molar-refractivity contribution in [3.63, 3.8) is 0 Å². The summed E-state index contributed by atoms with van der Waals surface area (Å²) in [6, 6.07) is 1.98. The first-order chi connectivity index (χ1) is 7.83. The van der Waals surface area contributed by atoms with Crippen molar-refractivity contribution >= 4 is 21.9 Å². The van der Waals surface area contributed by atoms with Crippen LogP contribution in [-0.2, 0) is 0 Å². The first kappa shape index (κ1) is 9.89. The molecule has 2 aromatic heterocycles. The minimum Gasteiger partial charge on any atom is -0.358 e. The average molecular weight is 282 g/mol. The lowest BCUT2D eigenvalue weighted by Crippen LogP contribution is -2.18. The molecule has 3 rings (SSSR count). The lowest BCUT2D eigenvalue weighted by molar-refractivity contribution is 0.903. The lowest BCUT2D eigenvalue weighted by Gasteiger charge is -2.10. The van der Waals surface area contributed by atoms with Gasteiger partial charge in [-0.05, 0) is 34.8 Å². The van der Waals surface area contributed by atoms with E-state index in [1.54, 1.807) is 0 Å². The van der Waals surface area contributed by atoms with Crippen LogP contribution in [0, 0.1) is 0 Å². The van der Waals surface area contributed by atoms with Crippen LogP contribution in [0.2, 0.25) is 0 Å². The molecule has 0 spiro atoms. The van der Waals surface area contributed by atoms with Crippen LogP contribution in [0.4, 0.5) is 5.95 Å². The predicted molar refractivity (Wildman–Crippen MR) is 65.3 cm³/mol. The zero-order valence-electron chi connectivity index (χ0n) is 8.70. The van der Waals surface area contributed by atoms with Crippen molar-refractivity contribution < 1.29 is 0 Å². The van der Waals surface area contributed by atoms with Gasteiger partial charge in [0.2, 0.25) is 5.95 Å². The first-order valence-corrected chi connectivity index (χ1v) is 6.14. The van der Waals surface area contributed by atoms with Gasteiger partial charge in [-0.1, -0.05) is 0 Å². The van der Waals surface area contributed by atoms with Crippen LogP contribution in [0.3, 0.4) is 0 Å². The molecule has 2 aromatic rings. The SMILES string of the molecule is Brc1c[nH]c(-c2nc(N3CCCC3)n[nH]2)c1. The van der Waals surface area contributed by atoms with E-state index in [1.807, 2.05) is 12.3 Å². The third-order valence-corrected chi connectivity index (χ3v) is 3.22. The number of H-pyrrole nitrogens is 2. The molecule has 0 aromatic carbocycles. The summed E-state index contributed by atoms with van der Waals surface area (Å²) in [7, 11) is 0. The third-order valence-electron chi connectivity index (χ3n) is 2.77. The van der Waals surface area contributed by atoms with Crippen LogP contribution in [0.1, 0.15) is 12.8 Å². The van der Waals surface area contributed by atoms with Gasteiger partial charge in [0.25, 0.3) is 0 Å². The molecule has 0 aliphatic carbocycles. The summed E-state index contributed by atoms with van der Waals surface area (Å²) in [5.74, 6) is 1.59. The van der Waals surface area contributed by atoms with Crippen LogP contribution >= 0.6 is 15.9 Å². The van der Waals surface area contributed by atoms with E-state index in [9.17, 15) is 0 Å². The minimum atomic E-state index is 0.785. The zero-order chi connectivity index (χ0) is 11.0. The number of anilines is 1. The highest BCUT2D eigenvalue weighted by molar-refractivity contribution is 9.10. The number of hydrogen-bond donors (Lipinski definition) is 2. The number of aromatic nitrogens is 4. The molecule has 0 unspecified atom stereocenters. The topological polar surface area (TPSA) is 60.6 Å². The number of nitrogens with zero attached hydrogens (tertiary/aromatic N) is 3. The third kappa shape index (κ3) is 1.73. The molecule has 0 amide bonds. The van der Waals surface area contributed by atoms with Crippen LogP contribution in [-0.4, -0.2) is 33.3 Å². The Morgan fingerprint density at radius 1 is 1.31 bits per heavy atom. The Hall–Kier alpha value is -1.30. The quantitative estimate of drug-likeness (QED) is 0.887. The van der Waals surface area contributed by atoms with E-state index in [2.05, 4.69) is 41.0 Å². The molecular weight excluding hydrogens is 270 g/mol. The predicted octanol–water partition coefficient (Wildman–Crippen LogP) is 2.16. The molecule has 3 heterocycles. The maximum Gasteiger partial charge on any atom is 0.245 e. The summed E-state index contributed by atoms with van der Waals surface area (Å²) in [6.07, 6.45) is 4.35. The van der Waals surface area contributed by atoms with Gasteiger partial charge in [-0.3, -0.25) is 5.10 Å². The molecule has 5 nitrogen and oxygen atoms in total. The fraction of sp³-hybridized carbons (Fsp3) is 0.400. The maximum absolute atomic E-state index is 4.48. The smallest absolute Gasteiger partial charge is 0.245 e. The molecular formula is C10H12BrN5. The van der Waals surface area contributed by atoms with Crippen molar-refractivity contribution in [2.24, 2.45) is 0 Å². The number of nitrogens with one attached hydrogen (secondary N) is 2. The van der Waals surface area contributed by atoms with Gasteiger partial charge in [-0.2, -0.15) is 4.98 Å². The van der Waals surface area contributed by atoms with Gasteiger partial charge < -0.3 is 9.88 Å². The van der Waals surface area contributed by atoms with Gasteiger partial charge in [0.15, 0.2) is 5.82 Å². The van der Waals surface area contributed by atoms with E-state index >= 15 is 0 Å². The molecule has 6 heteroatoms. The summed E-state index contributed by atoms with van der Waals surface area (Å²) in [5.41, 5.74) is 0.949. The average Bonchev–Trinajstić information content (AvgIpc) is 2.97. The second-order valence-corrected chi connectivity index (χ2v) is 4.83. The molecule has 0 saturated carbocycles. The standard InChI is InChI=1S/C10H12BrN5/c11-7-5-8(12-6-7)9-13-10(15-14-9)16-3-1-2-4-16/h5-6,12H,1-4H2,(H,13,14,15).